The first-order valence-corrected chi connectivity index (χ1v) is 8.47. The fourth-order valence-corrected chi connectivity index (χ4v) is 3.40. The Morgan fingerprint density at radius 1 is 1.27 bits per heavy atom. The van der Waals surface area contributed by atoms with Gasteiger partial charge in [0.2, 0.25) is 5.91 Å². The zero-order valence-electron chi connectivity index (χ0n) is 13.0. The van der Waals surface area contributed by atoms with Crippen LogP contribution in [0.15, 0.2) is 30.3 Å². The lowest BCUT2D eigenvalue weighted by Crippen LogP contribution is -2.58. The van der Waals surface area contributed by atoms with Gasteiger partial charge in [-0.2, -0.15) is 12.6 Å². The Hall–Kier alpha value is -1.18. The smallest absolute Gasteiger partial charge is 0.341 e. The molecule has 0 aliphatic rings. The molecule has 1 atom stereocenters. The van der Waals surface area contributed by atoms with Crippen molar-refractivity contribution in [3.8, 4) is 0 Å². The summed E-state index contributed by atoms with van der Waals surface area (Å²) < 4.78 is 0. The molecule has 1 N–H and O–H groups in total. The Labute approximate surface area is 141 Å². The van der Waals surface area contributed by atoms with E-state index in [0.717, 1.165) is 5.56 Å². The first-order valence-electron chi connectivity index (χ1n) is 6.85. The number of hydrogen-bond acceptors (Lipinski definition) is 5. The molecule has 0 radical (unpaired) electrons. The van der Waals surface area contributed by atoms with Crippen LogP contribution in [0.25, 0.3) is 0 Å². The second kappa shape index (κ2) is 8.45. The molecule has 1 aromatic carbocycles. The van der Waals surface area contributed by atoms with Gasteiger partial charge >= 0.3 is 5.97 Å². The van der Waals surface area contributed by atoms with Crippen molar-refractivity contribution >= 4 is 36.3 Å². The van der Waals surface area contributed by atoms with Gasteiger partial charge in [0.25, 0.3) is 0 Å². The maximum absolute atomic E-state index is 12.3. The molecule has 0 aliphatic carbocycles. The van der Waals surface area contributed by atoms with Gasteiger partial charge in [0.15, 0.2) is 4.87 Å². The average Bonchev–Trinajstić information content (AvgIpc) is 2.46. The number of carbonyl (C=O) groups excluding carboxylic acids is 1. The van der Waals surface area contributed by atoms with Gasteiger partial charge in [-0.25, -0.2) is 14.8 Å². The monoisotopic (exact) mass is 342 g/mol. The van der Waals surface area contributed by atoms with Crippen LogP contribution in [0, 0.1) is 0 Å². The first-order chi connectivity index (χ1) is 10.3. The van der Waals surface area contributed by atoms with Crippen LogP contribution in [-0.2, 0) is 15.3 Å². The fraction of sp³-hybridized carbons (Fsp3) is 0.467. The molecule has 0 bridgehead atoms. The van der Waals surface area contributed by atoms with Gasteiger partial charge in [-0.3, -0.25) is 4.79 Å². The molecule has 1 aromatic rings. The van der Waals surface area contributed by atoms with Crippen molar-refractivity contribution in [2.45, 2.75) is 24.0 Å². The fourth-order valence-electron chi connectivity index (χ4n) is 2.06. The molecule has 5 nitrogen and oxygen atoms in total. The van der Waals surface area contributed by atoms with Gasteiger partial charge in [-0.15, -0.1) is 11.8 Å². The molecule has 0 heterocycles. The van der Waals surface area contributed by atoms with Gasteiger partial charge in [0.05, 0.1) is 0 Å². The highest BCUT2D eigenvalue weighted by Crippen LogP contribution is 2.33. The molecule has 0 spiro atoms. The third-order valence-electron chi connectivity index (χ3n) is 3.13. The van der Waals surface area contributed by atoms with Gasteiger partial charge < -0.3 is 5.11 Å². The number of rotatable bonds is 8. The second-order valence-corrected chi connectivity index (χ2v) is 6.91. The third-order valence-corrected chi connectivity index (χ3v) is 4.74. The summed E-state index contributed by atoms with van der Waals surface area (Å²) in [5.41, 5.74) is 1.01. The zero-order chi connectivity index (χ0) is 16.8. The van der Waals surface area contributed by atoms with Gasteiger partial charge in [-0.05, 0) is 18.2 Å². The number of hydrazine groups is 1. The topological polar surface area (TPSA) is 60.9 Å². The first kappa shape index (κ1) is 18.9. The number of benzene rings is 1. The van der Waals surface area contributed by atoms with Crippen LogP contribution in [0.1, 0.15) is 18.9 Å². The van der Waals surface area contributed by atoms with Gasteiger partial charge in [0.1, 0.15) is 0 Å². The number of carboxylic acids is 1. The summed E-state index contributed by atoms with van der Waals surface area (Å²) in [5.74, 6) is -0.426. The maximum atomic E-state index is 12.3. The predicted molar refractivity (Wildman–Crippen MR) is 92.8 cm³/mol. The number of amides is 1. The lowest BCUT2D eigenvalue weighted by molar-refractivity contribution is -0.166. The number of thioether (sulfide) groups is 1. The highest BCUT2D eigenvalue weighted by Gasteiger charge is 2.44. The average molecular weight is 342 g/mol. The van der Waals surface area contributed by atoms with E-state index in [1.807, 2.05) is 30.3 Å². The lowest BCUT2D eigenvalue weighted by Gasteiger charge is -2.41. The molecule has 7 heteroatoms. The number of carbonyl (C=O) groups is 2. The SMILES string of the molecule is CN(C)N(C(=O)CCS)C(C)(SCc1ccccc1)C(=O)O. The van der Waals surface area contributed by atoms with Crippen LogP contribution in [0.2, 0.25) is 0 Å². The van der Waals surface area contributed by atoms with Crippen molar-refractivity contribution in [3.63, 3.8) is 0 Å². The number of carboxylic acid groups (broad SMARTS) is 1. The Morgan fingerprint density at radius 2 is 1.86 bits per heavy atom. The highest BCUT2D eigenvalue weighted by atomic mass is 32.2. The summed E-state index contributed by atoms with van der Waals surface area (Å²) in [4.78, 5) is 22.8. The second-order valence-electron chi connectivity index (χ2n) is 5.09. The van der Waals surface area contributed by atoms with E-state index in [9.17, 15) is 14.7 Å². The number of thiol groups is 1. The molecule has 0 aromatic heterocycles. The van der Waals surface area contributed by atoms with E-state index in [1.165, 1.54) is 21.8 Å². The minimum Gasteiger partial charge on any atom is -0.479 e. The minimum absolute atomic E-state index is 0.191. The molecule has 1 rings (SSSR count). The molecule has 22 heavy (non-hydrogen) atoms. The third kappa shape index (κ3) is 4.66. The van der Waals surface area contributed by atoms with Crippen LogP contribution in [0.3, 0.4) is 0 Å². The van der Waals surface area contributed by atoms with Gasteiger partial charge in [0, 0.05) is 26.3 Å². The summed E-state index contributed by atoms with van der Waals surface area (Å²) in [7, 11) is 3.33. The van der Waals surface area contributed by atoms with Gasteiger partial charge in [-0.1, -0.05) is 30.3 Å². The van der Waals surface area contributed by atoms with Crippen molar-refractivity contribution in [2.75, 3.05) is 19.8 Å². The van der Waals surface area contributed by atoms with Crippen LogP contribution in [0.5, 0.6) is 0 Å². The molecule has 1 unspecified atom stereocenters. The predicted octanol–water partition coefficient (Wildman–Crippen LogP) is 2.35. The zero-order valence-corrected chi connectivity index (χ0v) is 14.7. The Kier molecular flexibility index (Phi) is 7.25. The lowest BCUT2D eigenvalue weighted by atomic mass is 10.2. The molecule has 0 aliphatic heterocycles. The van der Waals surface area contributed by atoms with E-state index in [1.54, 1.807) is 21.0 Å². The summed E-state index contributed by atoms with van der Waals surface area (Å²) in [6.45, 7) is 1.55. The Balaban J connectivity index is 3.00. The van der Waals surface area contributed by atoms with Crippen LogP contribution < -0.4 is 0 Å². The van der Waals surface area contributed by atoms with E-state index in [-0.39, 0.29) is 12.3 Å². The summed E-state index contributed by atoms with van der Waals surface area (Å²) in [5, 5.41) is 12.5. The Bertz CT molecular complexity index is 511. The molecular weight excluding hydrogens is 320 g/mol. The molecule has 122 valence electrons. The van der Waals surface area contributed by atoms with E-state index in [2.05, 4.69) is 12.6 Å². The molecule has 1 amide bonds. The molecular formula is C15H22N2O3S2. The van der Waals surface area contributed by atoms with Crippen molar-refractivity contribution < 1.29 is 14.7 Å². The van der Waals surface area contributed by atoms with Crippen LogP contribution in [0.4, 0.5) is 0 Å². The molecule has 0 saturated heterocycles. The molecule has 0 fully saturated rings. The summed E-state index contributed by atoms with van der Waals surface area (Å²) >= 11 is 5.27. The maximum Gasteiger partial charge on any atom is 0.341 e. The van der Waals surface area contributed by atoms with Crippen molar-refractivity contribution in [1.82, 2.24) is 10.0 Å². The van der Waals surface area contributed by atoms with E-state index in [0.29, 0.717) is 11.5 Å². The largest absolute Gasteiger partial charge is 0.479 e. The van der Waals surface area contributed by atoms with Crippen molar-refractivity contribution in [1.29, 1.82) is 0 Å². The normalized spacial score (nSPS) is 13.7. The number of aliphatic carboxylic acids is 1. The number of nitrogens with zero attached hydrogens (tertiary/aromatic N) is 2. The quantitative estimate of drug-likeness (QED) is 0.431. The van der Waals surface area contributed by atoms with Crippen molar-refractivity contribution in [3.05, 3.63) is 35.9 Å². The van der Waals surface area contributed by atoms with E-state index < -0.39 is 10.8 Å². The van der Waals surface area contributed by atoms with Crippen LogP contribution >= 0.6 is 24.4 Å². The summed E-state index contributed by atoms with van der Waals surface area (Å²) in [6, 6.07) is 9.59. The minimum atomic E-state index is -1.38. The molecule has 0 saturated carbocycles. The van der Waals surface area contributed by atoms with Crippen LogP contribution in [-0.4, -0.2) is 51.7 Å². The van der Waals surface area contributed by atoms with E-state index in [4.69, 9.17) is 0 Å². The summed E-state index contributed by atoms with van der Waals surface area (Å²) in [6.07, 6.45) is 0.191. The van der Waals surface area contributed by atoms with Crippen molar-refractivity contribution in [2.24, 2.45) is 0 Å². The Morgan fingerprint density at radius 3 is 2.32 bits per heavy atom. The standard InChI is InChI=1S/C15H22N2O3S2/c1-15(14(19)20,17(16(2)3)13(18)9-10-21)22-11-12-7-5-4-6-8-12/h4-8,21H,9-11H2,1-3H3,(H,19,20). The number of hydrogen-bond donors (Lipinski definition) is 2. The van der Waals surface area contributed by atoms with E-state index >= 15 is 0 Å². The highest BCUT2D eigenvalue weighted by molar-refractivity contribution is 8.00.